The Bertz CT molecular complexity index is 1550. The van der Waals surface area contributed by atoms with Crippen LogP contribution in [0.15, 0.2) is 29.3 Å². The zero-order valence-corrected chi connectivity index (χ0v) is 24.5. The molecule has 2 saturated heterocycles. The van der Waals surface area contributed by atoms with Gasteiger partial charge in [0.25, 0.3) is 15.9 Å². The summed E-state index contributed by atoms with van der Waals surface area (Å²) in [5.74, 6) is -0.331. The number of hydrogen-bond acceptors (Lipinski definition) is 8. The average Bonchev–Trinajstić information content (AvgIpc) is 3.57. The van der Waals surface area contributed by atoms with Gasteiger partial charge in [-0.3, -0.25) is 9.59 Å². The number of nitrogens with zero attached hydrogens (tertiary/aromatic N) is 4. The predicted octanol–water partition coefficient (Wildman–Crippen LogP) is 1.65. The number of piperazine rings is 2. The number of aromatic nitrogens is 2. The van der Waals surface area contributed by atoms with Crippen molar-refractivity contribution in [2.75, 3.05) is 45.8 Å². The first-order valence-corrected chi connectivity index (χ1v) is 16.1. The number of carbonyl (C=O) groups excluding carboxylic acids is 2. The van der Waals surface area contributed by atoms with Crippen LogP contribution in [0, 0.1) is 0 Å². The molecule has 11 nitrogen and oxygen atoms in total. The molecule has 0 radical (unpaired) electrons. The minimum atomic E-state index is -3.91. The minimum absolute atomic E-state index is 0.0195. The number of amides is 2. The number of sulfonamides is 1. The molecule has 40 heavy (non-hydrogen) atoms. The molecular weight excluding hydrogens is 574 g/mol. The standard InChI is InChI=1S/C26H32ClN7O4S2/c1-16-10-21-22(14-29-16)39-25(31-21)26(36)34-9-8-33(15-19(34)13-24(35)32-6-4-28-5-7-32)40(37,38)23-12-17-11-18(27)2-3-20(17)30-23/h2-3,11-12,16,19,28-30H,4-10,13-15H2,1H3. The Balaban J connectivity index is 1.27. The number of carbonyl (C=O) groups is 2. The summed E-state index contributed by atoms with van der Waals surface area (Å²) in [6, 6.07) is 6.40. The Hall–Kier alpha value is -2.55. The lowest BCUT2D eigenvalue weighted by Gasteiger charge is -2.41. The van der Waals surface area contributed by atoms with Crippen molar-refractivity contribution in [3.05, 3.63) is 44.9 Å². The molecule has 5 heterocycles. The van der Waals surface area contributed by atoms with Gasteiger partial charge in [-0.05, 0) is 31.2 Å². The Morgan fingerprint density at radius 1 is 1.15 bits per heavy atom. The van der Waals surface area contributed by atoms with E-state index in [4.69, 9.17) is 11.6 Å². The molecule has 2 unspecified atom stereocenters. The number of benzene rings is 1. The third-order valence-electron chi connectivity index (χ3n) is 7.83. The van der Waals surface area contributed by atoms with Crippen molar-refractivity contribution < 1.29 is 18.0 Å². The summed E-state index contributed by atoms with van der Waals surface area (Å²) in [4.78, 5) is 39.2. The van der Waals surface area contributed by atoms with E-state index < -0.39 is 16.1 Å². The molecule has 3 N–H and O–H groups in total. The van der Waals surface area contributed by atoms with Crippen molar-refractivity contribution in [1.29, 1.82) is 0 Å². The molecule has 14 heteroatoms. The lowest BCUT2D eigenvalue weighted by Crippen LogP contribution is -2.58. The van der Waals surface area contributed by atoms with Gasteiger partial charge in [0.1, 0.15) is 5.03 Å². The van der Waals surface area contributed by atoms with E-state index in [1.165, 1.54) is 15.6 Å². The van der Waals surface area contributed by atoms with Crippen LogP contribution in [0.4, 0.5) is 0 Å². The van der Waals surface area contributed by atoms with Crippen LogP contribution >= 0.6 is 22.9 Å². The summed E-state index contributed by atoms with van der Waals surface area (Å²) in [6.45, 7) is 5.66. The highest BCUT2D eigenvalue weighted by atomic mass is 35.5. The molecule has 2 fully saturated rings. The highest BCUT2D eigenvalue weighted by Gasteiger charge is 2.40. The Morgan fingerprint density at radius 3 is 2.75 bits per heavy atom. The third kappa shape index (κ3) is 5.38. The molecule has 0 aliphatic carbocycles. The first-order chi connectivity index (χ1) is 19.2. The number of nitrogens with one attached hydrogen (secondary N) is 3. The number of hydrogen-bond donors (Lipinski definition) is 3. The second kappa shape index (κ2) is 11.0. The molecule has 214 valence electrons. The molecule has 2 atom stereocenters. The van der Waals surface area contributed by atoms with E-state index in [1.54, 1.807) is 34.1 Å². The molecule has 3 aliphatic rings. The quantitative estimate of drug-likeness (QED) is 0.403. The van der Waals surface area contributed by atoms with Gasteiger partial charge in [0.05, 0.1) is 11.7 Å². The zero-order valence-electron chi connectivity index (χ0n) is 22.2. The SMILES string of the molecule is CC1Cc2nc(C(=O)N3CCN(S(=O)(=O)c4cc5cc(Cl)ccc5[nH]4)CC3CC(=O)N3CCNCC3)sc2CN1. The maximum Gasteiger partial charge on any atom is 0.283 e. The molecule has 0 bridgehead atoms. The van der Waals surface area contributed by atoms with Gasteiger partial charge in [-0.25, -0.2) is 13.4 Å². The Labute approximate surface area is 241 Å². The first-order valence-electron chi connectivity index (χ1n) is 13.5. The van der Waals surface area contributed by atoms with Crippen LogP contribution in [-0.2, 0) is 27.8 Å². The molecule has 2 aromatic heterocycles. The van der Waals surface area contributed by atoms with Gasteiger partial charge in [0, 0.05) is 92.0 Å². The van der Waals surface area contributed by atoms with Gasteiger partial charge in [0.2, 0.25) is 5.91 Å². The van der Waals surface area contributed by atoms with Crippen molar-refractivity contribution >= 4 is 55.7 Å². The van der Waals surface area contributed by atoms with Crippen LogP contribution < -0.4 is 10.6 Å². The van der Waals surface area contributed by atoms with E-state index >= 15 is 0 Å². The number of fused-ring (bicyclic) bond motifs is 2. The van der Waals surface area contributed by atoms with Crippen LogP contribution in [0.5, 0.6) is 0 Å². The number of thiazole rings is 1. The molecule has 2 amide bonds. The van der Waals surface area contributed by atoms with Crippen LogP contribution in [0.2, 0.25) is 5.02 Å². The van der Waals surface area contributed by atoms with Crippen LogP contribution in [0.25, 0.3) is 10.9 Å². The highest BCUT2D eigenvalue weighted by molar-refractivity contribution is 7.89. The maximum atomic E-state index is 13.8. The molecule has 0 spiro atoms. The van der Waals surface area contributed by atoms with E-state index in [9.17, 15) is 18.0 Å². The second-order valence-corrected chi connectivity index (χ2v) is 14.0. The van der Waals surface area contributed by atoms with E-state index in [2.05, 4.69) is 27.5 Å². The van der Waals surface area contributed by atoms with Crippen molar-refractivity contribution in [2.24, 2.45) is 0 Å². The lowest BCUT2D eigenvalue weighted by atomic mass is 10.1. The monoisotopic (exact) mass is 605 g/mol. The van der Waals surface area contributed by atoms with Gasteiger partial charge in [-0.15, -0.1) is 11.3 Å². The molecule has 3 aliphatic heterocycles. The largest absolute Gasteiger partial charge is 0.345 e. The Kier molecular flexibility index (Phi) is 7.61. The number of rotatable bonds is 5. The van der Waals surface area contributed by atoms with E-state index in [1.807, 2.05) is 0 Å². The molecule has 1 aromatic carbocycles. The summed E-state index contributed by atoms with van der Waals surface area (Å²) >= 11 is 7.48. The number of halogens is 1. The van der Waals surface area contributed by atoms with Crippen LogP contribution in [0.3, 0.4) is 0 Å². The van der Waals surface area contributed by atoms with Crippen LogP contribution in [0.1, 0.15) is 33.7 Å². The van der Waals surface area contributed by atoms with Gasteiger partial charge in [-0.1, -0.05) is 11.6 Å². The fourth-order valence-corrected chi connectivity index (χ4v) is 8.27. The Morgan fingerprint density at radius 2 is 1.95 bits per heavy atom. The molecule has 0 saturated carbocycles. The third-order valence-corrected chi connectivity index (χ3v) is 10.9. The predicted molar refractivity (Wildman–Crippen MR) is 153 cm³/mol. The summed E-state index contributed by atoms with van der Waals surface area (Å²) < 4.78 is 28.8. The fraction of sp³-hybridized carbons (Fsp3) is 0.500. The van der Waals surface area contributed by atoms with E-state index in [0.717, 1.165) is 17.0 Å². The zero-order chi connectivity index (χ0) is 28.0. The van der Waals surface area contributed by atoms with Crippen molar-refractivity contribution in [3.63, 3.8) is 0 Å². The number of H-pyrrole nitrogens is 1. The van der Waals surface area contributed by atoms with Gasteiger partial charge in [0.15, 0.2) is 5.01 Å². The number of aromatic amines is 1. The second-order valence-electron chi connectivity index (χ2n) is 10.6. The molecular formula is C26H32ClN7O4S2. The van der Waals surface area contributed by atoms with E-state index in [-0.39, 0.29) is 48.9 Å². The average molecular weight is 606 g/mol. The normalized spacial score (nSPS) is 22.4. The van der Waals surface area contributed by atoms with Crippen molar-refractivity contribution in [1.82, 2.24) is 34.7 Å². The summed E-state index contributed by atoms with van der Waals surface area (Å²) in [5.41, 5.74) is 1.60. The smallest absolute Gasteiger partial charge is 0.283 e. The van der Waals surface area contributed by atoms with Crippen molar-refractivity contribution in [2.45, 2.75) is 43.4 Å². The lowest BCUT2D eigenvalue weighted by molar-refractivity contribution is -0.133. The topological polar surface area (TPSA) is 131 Å². The fourth-order valence-electron chi connectivity index (χ4n) is 5.61. The van der Waals surface area contributed by atoms with E-state index in [0.29, 0.717) is 53.7 Å². The summed E-state index contributed by atoms with van der Waals surface area (Å²) in [6.07, 6.45) is 0.801. The molecule has 3 aromatic rings. The maximum absolute atomic E-state index is 13.8. The van der Waals surface area contributed by atoms with Gasteiger partial charge < -0.3 is 25.4 Å². The molecule has 6 rings (SSSR count). The summed E-state index contributed by atoms with van der Waals surface area (Å²) in [7, 11) is -3.91. The van der Waals surface area contributed by atoms with Crippen molar-refractivity contribution in [3.8, 4) is 0 Å². The first kappa shape index (κ1) is 27.6. The minimum Gasteiger partial charge on any atom is -0.345 e. The summed E-state index contributed by atoms with van der Waals surface area (Å²) in [5, 5.41) is 8.30. The van der Waals surface area contributed by atoms with Gasteiger partial charge >= 0.3 is 0 Å². The van der Waals surface area contributed by atoms with Gasteiger partial charge in [-0.2, -0.15) is 4.31 Å². The highest BCUT2D eigenvalue weighted by Crippen LogP contribution is 2.29. The van der Waals surface area contributed by atoms with Crippen LogP contribution in [-0.4, -0.2) is 102 Å².